The van der Waals surface area contributed by atoms with E-state index in [2.05, 4.69) is 10.2 Å². The first-order valence-corrected chi connectivity index (χ1v) is 10.8. The van der Waals surface area contributed by atoms with Crippen LogP contribution in [0.25, 0.3) is 0 Å². The minimum Gasteiger partial charge on any atom is -0.481 e. The van der Waals surface area contributed by atoms with E-state index in [0.29, 0.717) is 35.8 Å². The van der Waals surface area contributed by atoms with Crippen molar-refractivity contribution in [3.05, 3.63) is 89.7 Å². The summed E-state index contributed by atoms with van der Waals surface area (Å²) in [6.45, 7) is 4.80. The van der Waals surface area contributed by atoms with Gasteiger partial charge in [-0.15, -0.1) is 0 Å². The number of carbonyl (C=O) groups excluding carboxylic acids is 2. The van der Waals surface area contributed by atoms with Crippen LogP contribution in [-0.4, -0.2) is 44.1 Å². The lowest BCUT2D eigenvalue weighted by Gasteiger charge is -2.29. The van der Waals surface area contributed by atoms with Crippen molar-refractivity contribution in [1.29, 1.82) is 0 Å². The number of ketones is 1. The predicted molar refractivity (Wildman–Crippen MR) is 124 cm³/mol. The summed E-state index contributed by atoms with van der Waals surface area (Å²) in [4.78, 5) is 27.3. The molecule has 0 unspecified atom stereocenters. The minimum absolute atomic E-state index is 0.215. The maximum absolute atomic E-state index is 13.1. The topological polar surface area (TPSA) is 67.9 Å². The van der Waals surface area contributed by atoms with E-state index in [1.807, 2.05) is 24.3 Å². The van der Waals surface area contributed by atoms with Gasteiger partial charge in [0.1, 0.15) is 11.6 Å². The van der Waals surface area contributed by atoms with E-state index in [1.54, 1.807) is 31.2 Å². The standard InChI is InChI=1S/C26H25FN2O4/c1-18(26(31)28-22-8-10-23(11-9-22)29-14-16-32-17-15-29)33-24-12-4-20(5-13-24)25(30)19-2-6-21(27)7-3-19/h2-13,18H,14-17H2,1H3,(H,28,31)/t18-/m1/s1. The number of halogens is 1. The van der Waals surface area contributed by atoms with Crippen LogP contribution in [0.5, 0.6) is 5.75 Å². The predicted octanol–water partition coefficient (Wildman–Crippen LogP) is 4.30. The van der Waals surface area contributed by atoms with Crippen LogP contribution in [0.4, 0.5) is 15.8 Å². The van der Waals surface area contributed by atoms with Crippen molar-refractivity contribution >= 4 is 23.1 Å². The van der Waals surface area contributed by atoms with Gasteiger partial charge in [-0.25, -0.2) is 4.39 Å². The molecule has 0 spiro atoms. The molecule has 33 heavy (non-hydrogen) atoms. The first-order valence-electron chi connectivity index (χ1n) is 10.8. The Morgan fingerprint density at radius 1 is 0.909 bits per heavy atom. The third kappa shape index (κ3) is 5.75. The fraction of sp³-hybridized carbons (Fsp3) is 0.231. The molecule has 1 aliphatic heterocycles. The number of benzene rings is 3. The Balaban J connectivity index is 1.32. The molecule has 3 aromatic carbocycles. The Hall–Kier alpha value is -3.71. The fourth-order valence-electron chi connectivity index (χ4n) is 3.53. The average Bonchev–Trinajstić information content (AvgIpc) is 2.85. The van der Waals surface area contributed by atoms with E-state index in [0.717, 1.165) is 18.8 Å². The summed E-state index contributed by atoms with van der Waals surface area (Å²) in [6.07, 6.45) is -0.734. The van der Waals surface area contributed by atoms with Gasteiger partial charge < -0.3 is 19.7 Å². The summed E-state index contributed by atoms with van der Waals surface area (Å²) in [6, 6.07) is 19.6. The summed E-state index contributed by atoms with van der Waals surface area (Å²) in [7, 11) is 0. The van der Waals surface area contributed by atoms with Crippen molar-refractivity contribution in [2.75, 3.05) is 36.5 Å². The van der Waals surface area contributed by atoms with Crippen LogP contribution >= 0.6 is 0 Å². The van der Waals surface area contributed by atoms with Gasteiger partial charge in [0.15, 0.2) is 11.9 Å². The summed E-state index contributed by atoms with van der Waals surface area (Å²) in [5, 5.41) is 2.86. The molecule has 0 saturated carbocycles. The maximum atomic E-state index is 13.1. The first kappa shape index (κ1) is 22.5. The molecule has 170 valence electrons. The smallest absolute Gasteiger partial charge is 0.265 e. The van der Waals surface area contributed by atoms with Gasteiger partial charge in [-0.2, -0.15) is 0 Å². The van der Waals surface area contributed by atoms with Gasteiger partial charge >= 0.3 is 0 Å². The van der Waals surface area contributed by atoms with Crippen LogP contribution in [0.1, 0.15) is 22.8 Å². The number of rotatable bonds is 7. The van der Waals surface area contributed by atoms with Gasteiger partial charge in [0.25, 0.3) is 5.91 Å². The number of hydrogen-bond acceptors (Lipinski definition) is 5. The van der Waals surface area contributed by atoms with Crippen molar-refractivity contribution in [1.82, 2.24) is 0 Å². The van der Waals surface area contributed by atoms with E-state index >= 15 is 0 Å². The summed E-state index contributed by atoms with van der Waals surface area (Å²) < 4.78 is 24.2. The zero-order valence-electron chi connectivity index (χ0n) is 18.3. The number of anilines is 2. The molecule has 1 heterocycles. The van der Waals surface area contributed by atoms with Crippen LogP contribution in [0.3, 0.4) is 0 Å². The quantitative estimate of drug-likeness (QED) is 0.546. The number of carbonyl (C=O) groups is 2. The van der Waals surface area contributed by atoms with Crippen molar-refractivity contribution < 1.29 is 23.5 Å². The van der Waals surface area contributed by atoms with E-state index < -0.39 is 11.9 Å². The van der Waals surface area contributed by atoms with E-state index in [1.165, 1.54) is 24.3 Å². The van der Waals surface area contributed by atoms with Crippen LogP contribution < -0.4 is 15.0 Å². The van der Waals surface area contributed by atoms with Gasteiger partial charge in [0.05, 0.1) is 13.2 Å². The van der Waals surface area contributed by atoms with E-state index in [4.69, 9.17) is 9.47 Å². The zero-order chi connectivity index (χ0) is 23.2. The number of amides is 1. The lowest BCUT2D eigenvalue weighted by molar-refractivity contribution is -0.122. The number of nitrogens with zero attached hydrogens (tertiary/aromatic N) is 1. The molecule has 0 aromatic heterocycles. The van der Waals surface area contributed by atoms with Crippen molar-refractivity contribution in [2.45, 2.75) is 13.0 Å². The van der Waals surface area contributed by atoms with Crippen molar-refractivity contribution in [2.24, 2.45) is 0 Å². The second-order valence-corrected chi connectivity index (χ2v) is 7.76. The Bertz CT molecular complexity index is 1090. The zero-order valence-corrected chi connectivity index (χ0v) is 18.3. The highest BCUT2D eigenvalue weighted by Gasteiger charge is 2.17. The highest BCUT2D eigenvalue weighted by molar-refractivity contribution is 6.09. The normalized spacial score (nSPS) is 14.4. The molecule has 0 radical (unpaired) electrons. The van der Waals surface area contributed by atoms with Gasteiger partial charge in [-0.1, -0.05) is 0 Å². The number of nitrogens with one attached hydrogen (secondary N) is 1. The lowest BCUT2D eigenvalue weighted by Crippen LogP contribution is -2.36. The molecule has 1 fully saturated rings. The Labute approximate surface area is 191 Å². The fourth-order valence-corrected chi connectivity index (χ4v) is 3.53. The number of morpholine rings is 1. The summed E-state index contributed by atoms with van der Waals surface area (Å²) in [5.41, 5.74) is 2.63. The monoisotopic (exact) mass is 448 g/mol. The third-order valence-electron chi connectivity index (χ3n) is 5.42. The minimum atomic E-state index is -0.734. The molecule has 3 aromatic rings. The highest BCUT2D eigenvalue weighted by Crippen LogP contribution is 2.20. The van der Waals surface area contributed by atoms with Crippen molar-refractivity contribution in [3.63, 3.8) is 0 Å². The molecule has 7 heteroatoms. The van der Waals surface area contributed by atoms with Gasteiger partial charge in [-0.3, -0.25) is 9.59 Å². The molecule has 0 bridgehead atoms. The molecule has 1 saturated heterocycles. The Morgan fingerprint density at radius 2 is 1.48 bits per heavy atom. The molecule has 1 amide bonds. The molecule has 1 atom stereocenters. The Morgan fingerprint density at radius 3 is 2.09 bits per heavy atom. The molecule has 1 aliphatic rings. The van der Waals surface area contributed by atoms with Gasteiger partial charge in [0.2, 0.25) is 0 Å². The first-order chi connectivity index (χ1) is 16.0. The van der Waals surface area contributed by atoms with E-state index in [-0.39, 0.29) is 11.7 Å². The number of hydrogen-bond donors (Lipinski definition) is 1. The van der Waals surface area contributed by atoms with Gasteiger partial charge in [0, 0.05) is 35.6 Å². The molecule has 0 aliphatic carbocycles. The van der Waals surface area contributed by atoms with E-state index in [9.17, 15) is 14.0 Å². The maximum Gasteiger partial charge on any atom is 0.265 e. The molecule has 1 N–H and O–H groups in total. The van der Waals surface area contributed by atoms with Crippen LogP contribution in [0.15, 0.2) is 72.8 Å². The third-order valence-corrected chi connectivity index (χ3v) is 5.42. The SMILES string of the molecule is C[C@@H](Oc1ccc(C(=O)c2ccc(F)cc2)cc1)C(=O)Nc1ccc(N2CCOCC2)cc1. The molecular weight excluding hydrogens is 423 g/mol. The van der Waals surface area contributed by atoms with Crippen molar-refractivity contribution in [3.8, 4) is 5.75 Å². The lowest BCUT2D eigenvalue weighted by atomic mass is 10.0. The molecule has 6 nitrogen and oxygen atoms in total. The average molecular weight is 448 g/mol. The molecular formula is C26H25FN2O4. The molecule has 4 rings (SSSR count). The van der Waals surface area contributed by atoms with Crippen LogP contribution in [0, 0.1) is 5.82 Å². The number of ether oxygens (including phenoxy) is 2. The van der Waals surface area contributed by atoms with Gasteiger partial charge in [-0.05, 0) is 79.7 Å². The van der Waals surface area contributed by atoms with Crippen LogP contribution in [-0.2, 0) is 9.53 Å². The van der Waals surface area contributed by atoms with Crippen LogP contribution in [0.2, 0.25) is 0 Å². The summed E-state index contributed by atoms with van der Waals surface area (Å²) >= 11 is 0. The Kier molecular flexibility index (Phi) is 7.00. The highest BCUT2D eigenvalue weighted by atomic mass is 19.1. The summed E-state index contributed by atoms with van der Waals surface area (Å²) in [5.74, 6) is -0.417. The second kappa shape index (κ2) is 10.3. The largest absolute Gasteiger partial charge is 0.481 e. The second-order valence-electron chi connectivity index (χ2n) is 7.76.